The molecule has 1 fully saturated rings. The summed E-state index contributed by atoms with van der Waals surface area (Å²) in [4.78, 5) is 36.3. The number of amides is 2. The van der Waals surface area contributed by atoms with E-state index in [1.54, 1.807) is 18.2 Å². The number of rotatable bonds is 6. The number of carbonyl (C=O) groups is 2. The summed E-state index contributed by atoms with van der Waals surface area (Å²) in [6, 6.07) is 5.56. The van der Waals surface area contributed by atoms with Gasteiger partial charge in [0.15, 0.2) is 0 Å². The third-order valence-electron chi connectivity index (χ3n) is 5.10. The number of nitrogens with two attached hydrogens (primary N) is 1. The van der Waals surface area contributed by atoms with Crippen molar-refractivity contribution in [3.05, 3.63) is 40.2 Å². The predicted molar refractivity (Wildman–Crippen MR) is 100 cm³/mol. The van der Waals surface area contributed by atoms with Crippen LogP contribution < -0.4 is 21.4 Å². The Kier molecular flexibility index (Phi) is 5.78. The maximum absolute atomic E-state index is 12.5. The van der Waals surface area contributed by atoms with Gasteiger partial charge in [-0.05, 0) is 30.5 Å². The van der Waals surface area contributed by atoms with Crippen molar-refractivity contribution in [2.45, 2.75) is 44.6 Å². The number of hydrogen-bond donors (Lipinski definition) is 2. The van der Waals surface area contributed by atoms with Crippen LogP contribution in [-0.2, 0) is 16.0 Å². The first-order valence-electron chi connectivity index (χ1n) is 9.18. The van der Waals surface area contributed by atoms with E-state index in [9.17, 15) is 14.4 Å². The number of primary amides is 1. The van der Waals surface area contributed by atoms with Crippen molar-refractivity contribution < 1.29 is 18.7 Å². The minimum atomic E-state index is -0.883. The summed E-state index contributed by atoms with van der Waals surface area (Å²) in [5, 5.41) is 3.45. The second-order valence-electron chi connectivity index (χ2n) is 6.96. The Bertz CT molecular complexity index is 899. The van der Waals surface area contributed by atoms with E-state index >= 15 is 0 Å². The van der Waals surface area contributed by atoms with Gasteiger partial charge in [0.1, 0.15) is 17.4 Å². The normalized spacial score (nSPS) is 16.0. The second kappa shape index (κ2) is 8.24. The number of carbonyl (C=O) groups excluding carboxylic acids is 2. The van der Waals surface area contributed by atoms with Gasteiger partial charge in [-0.15, -0.1) is 0 Å². The molecule has 1 heterocycles. The number of benzene rings is 1. The molecule has 0 aliphatic heterocycles. The molecule has 1 saturated carbocycles. The summed E-state index contributed by atoms with van der Waals surface area (Å²) in [5.41, 5.74) is 5.93. The van der Waals surface area contributed by atoms with Crippen LogP contribution in [0.3, 0.4) is 0 Å². The molecule has 1 atom stereocenters. The lowest BCUT2D eigenvalue weighted by Gasteiger charge is -2.23. The van der Waals surface area contributed by atoms with Gasteiger partial charge in [0.05, 0.1) is 7.11 Å². The number of nitrogens with one attached hydrogen (secondary N) is 1. The molecule has 0 saturated heterocycles. The van der Waals surface area contributed by atoms with Crippen molar-refractivity contribution >= 4 is 22.8 Å². The van der Waals surface area contributed by atoms with Gasteiger partial charge in [-0.1, -0.05) is 19.3 Å². The molecule has 1 aliphatic carbocycles. The van der Waals surface area contributed by atoms with Gasteiger partial charge in [0, 0.05) is 29.9 Å². The molecule has 0 spiro atoms. The summed E-state index contributed by atoms with van der Waals surface area (Å²) < 4.78 is 10.4. The van der Waals surface area contributed by atoms with Crippen LogP contribution in [0.2, 0.25) is 0 Å². The van der Waals surface area contributed by atoms with E-state index in [0.29, 0.717) is 22.3 Å². The van der Waals surface area contributed by atoms with Crippen molar-refractivity contribution in [3.63, 3.8) is 0 Å². The summed E-state index contributed by atoms with van der Waals surface area (Å²) in [6.07, 6.45) is 4.96. The van der Waals surface area contributed by atoms with Crippen LogP contribution in [0.25, 0.3) is 11.0 Å². The van der Waals surface area contributed by atoms with Gasteiger partial charge in [0.2, 0.25) is 11.8 Å². The topological polar surface area (TPSA) is 112 Å². The largest absolute Gasteiger partial charge is 0.497 e. The van der Waals surface area contributed by atoms with Crippen LogP contribution in [-0.4, -0.2) is 25.0 Å². The Morgan fingerprint density at radius 3 is 2.67 bits per heavy atom. The van der Waals surface area contributed by atoms with Crippen LogP contribution in [0.1, 0.15) is 37.7 Å². The van der Waals surface area contributed by atoms with E-state index in [0.717, 1.165) is 32.1 Å². The molecule has 27 heavy (non-hydrogen) atoms. The molecule has 7 heteroatoms. The lowest BCUT2D eigenvalue weighted by molar-refractivity contribution is -0.130. The van der Waals surface area contributed by atoms with E-state index in [-0.39, 0.29) is 18.2 Å². The monoisotopic (exact) mass is 372 g/mol. The molecular formula is C20H24N2O5. The second-order valence-corrected chi connectivity index (χ2v) is 6.96. The molecule has 0 bridgehead atoms. The Morgan fingerprint density at radius 1 is 1.26 bits per heavy atom. The van der Waals surface area contributed by atoms with E-state index in [1.807, 2.05) is 0 Å². The standard InChI is InChI=1S/C20H24N2O5/c1-26-14-7-8-15-13(10-18(23)27-17(15)11-14)9-16(19(21)24)22-20(25)12-5-3-2-4-6-12/h7-8,10-12,16H,2-6,9H2,1H3,(H2,21,24)(H,22,25)/t16-/m1/s1. The molecule has 3 rings (SSSR count). The molecule has 0 unspecified atom stereocenters. The van der Waals surface area contributed by atoms with Crippen molar-refractivity contribution in [3.8, 4) is 5.75 Å². The Balaban J connectivity index is 1.85. The minimum absolute atomic E-state index is 0.0811. The molecule has 3 N–H and O–H groups in total. The van der Waals surface area contributed by atoms with Gasteiger partial charge in [-0.2, -0.15) is 0 Å². The molecule has 2 aromatic rings. The fourth-order valence-electron chi connectivity index (χ4n) is 3.60. The predicted octanol–water partition coefficient (Wildman–Crippen LogP) is 1.89. The number of hydrogen-bond acceptors (Lipinski definition) is 5. The van der Waals surface area contributed by atoms with Gasteiger partial charge < -0.3 is 20.2 Å². The molecule has 7 nitrogen and oxygen atoms in total. The van der Waals surface area contributed by atoms with Crippen LogP contribution in [0.4, 0.5) is 0 Å². The van der Waals surface area contributed by atoms with E-state index in [4.69, 9.17) is 14.9 Å². The van der Waals surface area contributed by atoms with Crippen LogP contribution in [0.5, 0.6) is 5.75 Å². The zero-order chi connectivity index (χ0) is 19.4. The Morgan fingerprint density at radius 2 is 2.00 bits per heavy atom. The summed E-state index contributed by atoms with van der Waals surface area (Å²) in [7, 11) is 1.52. The fraction of sp³-hybridized carbons (Fsp3) is 0.450. The number of fused-ring (bicyclic) bond motifs is 1. The highest BCUT2D eigenvalue weighted by Gasteiger charge is 2.26. The highest BCUT2D eigenvalue weighted by Crippen LogP contribution is 2.25. The van der Waals surface area contributed by atoms with E-state index in [1.165, 1.54) is 13.2 Å². The average Bonchev–Trinajstić information content (AvgIpc) is 2.67. The summed E-state index contributed by atoms with van der Waals surface area (Å²) in [6.45, 7) is 0. The van der Waals surface area contributed by atoms with Crippen molar-refractivity contribution in [1.29, 1.82) is 0 Å². The molecule has 2 amide bonds. The zero-order valence-corrected chi connectivity index (χ0v) is 15.3. The van der Waals surface area contributed by atoms with Crippen LogP contribution in [0, 0.1) is 5.92 Å². The third kappa shape index (κ3) is 4.48. The van der Waals surface area contributed by atoms with Gasteiger partial charge in [-0.3, -0.25) is 9.59 Å². The highest BCUT2D eigenvalue weighted by molar-refractivity contribution is 5.89. The quantitative estimate of drug-likeness (QED) is 0.752. The zero-order valence-electron chi connectivity index (χ0n) is 15.3. The van der Waals surface area contributed by atoms with Crippen molar-refractivity contribution in [2.24, 2.45) is 11.7 Å². The van der Waals surface area contributed by atoms with Crippen LogP contribution in [0.15, 0.2) is 33.5 Å². The highest BCUT2D eigenvalue weighted by atomic mass is 16.5. The molecule has 1 aromatic heterocycles. The van der Waals surface area contributed by atoms with E-state index in [2.05, 4.69) is 5.32 Å². The first-order chi connectivity index (χ1) is 13.0. The Labute approximate surface area is 156 Å². The first-order valence-corrected chi connectivity index (χ1v) is 9.18. The fourth-order valence-corrected chi connectivity index (χ4v) is 3.60. The lowest BCUT2D eigenvalue weighted by atomic mass is 9.88. The minimum Gasteiger partial charge on any atom is -0.497 e. The number of ether oxygens (including phenoxy) is 1. The van der Waals surface area contributed by atoms with Crippen molar-refractivity contribution in [2.75, 3.05) is 7.11 Å². The molecule has 0 radical (unpaired) electrons. The van der Waals surface area contributed by atoms with E-state index < -0.39 is 17.6 Å². The molecule has 1 aliphatic rings. The van der Waals surface area contributed by atoms with Gasteiger partial charge in [-0.25, -0.2) is 4.79 Å². The maximum Gasteiger partial charge on any atom is 0.336 e. The third-order valence-corrected chi connectivity index (χ3v) is 5.10. The van der Waals surface area contributed by atoms with Crippen molar-refractivity contribution in [1.82, 2.24) is 5.32 Å². The molecule has 1 aromatic carbocycles. The Hall–Kier alpha value is -2.83. The molecular weight excluding hydrogens is 348 g/mol. The summed E-state index contributed by atoms with van der Waals surface area (Å²) in [5.74, 6) is -0.302. The maximum atomic E-state index is 12.5. The first kappa shape index (κ1) is 18.9. The SMILES string of the molecule is COc1ccc2c(C[C@@H](NC(=O)C3CCCCC3)C(N)=O)cc(=O)oc2c1. The average molecular weight is 372 g/mol. The van der Waals surface area contributed by atoms with Crippen LogP contribution >= 0.6 is 0 Å². The number of methoxy groups -OCH3 is 1. The van der Waals surface area contributed by atoms with Gasteiger partial charge >= 0.3 is 5.63 Å². The molecule has 144 valence electrons. The van der Waals surface area contributed by atoms with Gasteiger partial charge in [0.25, 0.3) is 0 Å². The summed E-state index contributed by atoms with van der Waals surface area (Å²) >= 11 is 0. The lowest BCUT2D eigenvalue weighted by Crippen LogP contribution is -2.48. The smallest absolute Gasteiger partial charge is 0.336 e.